The summed E-state index contributed by atoms with van der Waals surface area (Å²) < 4.78 is 71.0. The Morgan fingerprint density at radius 2 is 1.90 bits per heavy atom. The van der Waals surface area contributed by atoms with Crippen molar-refractivity contribution in [2.24, 2.45) is 0 Å². The summed E-state index contributed by atoms with van der Waals surface area (Å²) in [4.78, 5) is 10.9. The number of hydrogen-bond acceptors (Lipinski definition) is 6. The van der Waals surface area contributed by atoms with Gasteiger partial charge in [0, 0.05) is 31.4 Å². The van der Waals surface area contributed by atoms with Crippen LogP contribution in [-0.2, 0) is 35.2 Å². The third kappa shape index (κ3) is 5.35. The molecule has 0 bridgehead atoms. The van der Waals surface area contributed by atoms with Crippen molar-refractivity contribution in [1.29, 1.82) is 0 Å². The molecule has 0 spiro atoms. The van der Waals surface area contributed by atoms with E-state index in [0.29, 0.717) is 24.3 Å². The summed E-state index contributed by atoms with van der Waals surface area (Å²) in [5.41, 5.74) is 1.42. The lowest BCUT2D eigenvalue weighted by atomic mass is 9.76. The minimum absolute atomic E-state index is 0.156. The van der Waals surface area contributed by atoms with Crippen LogP contribution < -0.4 is 0 Å². The third-order valence-electron chi connectivity index (χ3n) is 5.42. The molecule has 9 nitrogen and oxygen atoms in total. The summed E-state index contributed by atoms with van der Waals surface area (Å²) in [5.74, 6) is 1.52. The van der Waals surface area contributed by atoms with E-state index in [1.54, 1.807) is 18.9 Å². The van der Waals surface area contributed by atoms with Gasteiger partial charge in [-0.3, -0.25) is 9.11 Å². The molecule has 0 fully saturated rings. The molecule has 166 valence electrons. The van der Waals surface area contributed by atoms with Crippen LogP contribution in [0, 0.1) is 0 Å². The van der Waals surface area contributed by atoms with Crippen molar-refractivity contribution in [1.82, 2.24) is 0 Å². The van der Waals surface area contributed by atoms with Crippen LogP contribution in [0.15, 0.2) is 28.9 Å². The van der Waals surface area contributed by atoms with Crippen LogP contribution in [0.2, 0.25) is 0 Å². The molecular formula is C19H26NO8S2+. The van der Waals surface area contributed by atoms with Gasteiger partial charge in [-0.05, 0) is 32.4 Å². The second-order valence-electron chi connectivity index (χ2n) is 7.32. The average Bonchev–Trinajstić information content (AvgIpc) is 2.85. The molecule has 30 heavy (non-hydrogen) atoms. The van der Waals surface area contributed by atoms with E-state index in [1.165, 1.54) is 12.1 Å². The highest BCUT2D eigenvalue weighted by Gasteiger charge is 2.46. The van der Waals surface area contributed by atoms with Crippen LogP contribution >= 0.6 is 0 Å². The summed E-state index contributed by atoms with van der Waals surface area (Å²) in [6.45, 7) is 6.06. The van der Waals surface area contributed by atoms with Crippen LogP contribution in [0.3, 0.4) is 0 Å². The molecule has 2 rings (SSSR count). The zero-order valence-corrected chi connectivity index (χ0v) is 18.7. The van der Waals surface area contributed by atoms with E-state index in [1.807, 2.05) is 18.4 Å². The molecule has 2 N–H and O–H groups in total. The maximum atomic E-state index is 11.7. The maximum absolute atomic E-state index is 11.7. The van der Waals surface area contributed by atoms with Crippen molar-refractivity contribution in [3.63, 3.8) is 0 Å². The Bertz CT molecular complexity index is 1120. The molecule has 1 aromatic carbocycles. The van der Waals surface area contributed by atoms with E-state index in [2.05, 4.69) is 0 Å². The molecule has 0 aromatic heterocycles. The predicted octanol–water partition coefficient (Wildman–Crippen LogP) is 2.12. The normalized spacial score (nSPS) is 18.8. The molecule has 0 radical (unpaired) electrons. The lowest BCUT2D eigenvalue weighted by Crippen LogP contribution is -2.31. The molecule has 11 heteroatoms. The molecule has 1 aliphatic rings. The van der Waals surface area contributed by atoms with Gasteiger partial charge < -0.3 is 4.74 Å². The molecule has 0 saturated heterocycles. The fourth-order valence-corrected chi connectivity index (χ4v) is 4.73. The lowest BCUT2D eigenvalue weighted by Gasteiger charge is -2.22. The van der Waals surface area contributed by atoms with Gasteiger partial charge in [0.2, 0.25) is 5.69 Å². The highest BCUT2D eigenvalue weighted by molar-refractivity contribution is 7.86. The summed E-state index contributed by atoms with van der Waals surface area (Å²) in [7, 11) is -8.53. The summed E-state index contributed by atoms with van der Waals surface area (Å²) in [5, 5.41) is 0. The summed E-state index contributed by atoms with van der Waals surface area (Å²) in [6.07, 6.45) is 0.823. The second kappa shape index (κ2) is 8.99. The lowest BCUT2D eigenvalue weighted by molar-refractivity contribution is -0.438. The topological polar surface area (TPSA) is 138 Å². The number of ether oxygens (including phenoxy) is 1. The largest absolute Gasteiger partial charge is 0.487 e. The van der Waals surface area contributed by atoms with Crippen LogP contribution in [0.5, 0.6) is 0 Å². The Morgan fingerprint density at radius 1 is 1.23 bits per heavy atom. The molecule has 0 amide bonds. The van der Waals surface area contributed by atoms with Gasteiger partial charge in [0.1, 0.15) is 6.54 Å². The van der Waals surface area contributed by atoms with Crippen molar-refractivity contribution in [2.75, 3.05) is 18.9 Å². The first-order chi connectivity index (χ1) is 13.8. The molecule has 0 saturated carbocycles. The van der Waals surface area contributed by atoms with Crippen LogP contribution in [-0.4, -0.2) is 61.1 Å². The smallest absolute Gasteiger partial charge is 0.294 e. The van der Waals surface area contributed by atoms with E-state index in [4.69, 9.17) is 9.29 Å². The molecule has 1 aliphatic heterocycles. The Labute approximate surface area is 176 Å². The first-order valence-corrected chi connectivity index (χ1v) is 12.4. The predicted molar refractivity (Wildman–Crippen MR) is 110 cm³/mol. The van der Waals surface area contributed by atoms with Gasteiger partial charge >= 0.3 is 0 Å². The number of hydrogen-bond donors (Lipinski definition) is 2. The molecule has 1 atom stereocenters. The molecule has 1 aromatic rings. The minimum atomic E-state index is -4.42. The first-order valence-electron chi connectivity index (χ1n) is 9.39. The third-order valence-corrected chi connectivity index (χ3v) is 7.08. The Hall–Kier alpha value is -2.04. The number of fused-ring (bicyclic) bond motifs is 1. The SMILES string of the molecule is CCOC(=C=O)CCC1(C)C(C)=[N+](CCCS(=O)(=O)O)c2ccc(S(=O)(=O)O)cc21. The van der Waals surface area contributed by atoms with E-state index in [0.717, 1.165) is 5.71 Å². The summed E-state index contributed by atoms with van der Waals surface area (Å²) in [6, 6.07) is 4.22. The fourth-order valence-electron chi connectivity index (χ4n) is 3.73. The van der Waals surface area contributed by atoms with Gasteiger partial charge in [-0.1, -0.05) is 0 Å². The van der Waals surface area contributed by atoms with Crippen LogP contribution in [0.1, 0.15) is 45.6 Å². The first kappa shape index (κ1) is 24.2. The van der Waals surface area contributed by atoms with Crippen molar-refractivity contribution in [3.05, 3.63) is 29.5 Å². The van der Waals surface area contributed by atoms with E-state index < -0.39 is 31.4 Å². The van der Waals surface area contributed by atoms with Gasteiger partial charge in [0.15, 0.2) is 17.4 Å². The highest BCUT2D eigenvalue weighted by Crippen LogP contribution is 2.44. The monoisotopic (exact) mass is 460 g/mol. The fraction of sp³-hybridized carbons (Fsp3) is 0.526. The number of benzene rings is 1. The Morgan fingerprint density at radius 3 is 2.43 bits per heavy atom. The van der Waals surface area contributed by atoms with Gasteiger partial charge in [0.05, 0.1) is 22.7 Å². The van der Waals surface area contributed by atoms with Gasteiger partial charge in [-0.15, -0.1) is 0 Å². The zero-order valence-electron chi connectivity index (χ0n) is 17.1. The molecule has 1 heterocycles. The van der Waals surface area contributed by atoms with Gasteiger partial charge in [-0.2, -0.15) is 21.4 Å². The van der Waals surface area contributed by atoms with E-state index in [9.17, 15) is 26.2 Å². The van der Waals surface area contributed by atoms with Gasteiger partial charge in [-0.25, -0.2) is 4.79 Å². The molecule has 0 aliphatic carbocycles. The summed E-state index contributed by atoms with van der Waals surface area (Å²) >= 11 is 0. The zero-order chi connectivity index (χ0) is 22.7. The maximum Gasteiger partial charge on any atom is 0.294 e. The average molecular weight is 461 g/mol. The number of carbonyl (C=O) groups excluding carboxylic acids is 1. The van der Waals surface area contributed by atoms with E-state index in [-0.39, 0.29) is 30.0 Å². The van der Waals surface area contributed by atoms with Crippen molar-refractivity contribution >= 4 is 37.6 Å². The standard InChI is InChI=1S/C19H25NO8S2/c1-4-28-15(13-21)8-9-19(3)14(2)20(10-5-11-29(22,23)24)18-7-6-16(12-17(18)19)30(25,26)27/h6-7,12H,4-5,8-11H2,1-3H3,(H-,22,23,24,25,26,27)/p+1. The van der Waals surface area contributed by atoms with Crippen molar-refractivity contribution < 1.29 is 40.0 Å². The molecule has 1 unspecified atom stereocenters. The van der Waals surface area contributed by atoms with Gasteiger partial charge in [0.25, 0.3) is 20.2 Å². The van der Waals surface area contributed by atoms with Crippen LogP contribution in [0.4, 0.5) is 5.69 Å². The second-order valence-corrected chi connectivity index (χ2v) is 10.3. The number of rotatable bonds is 10. The minimum Gasteiger partial charge on any atom is -0.487 e. The quantitative estimate of drug-likeness (QED) is 0.234. The van der Waals surface area contributed by atoms with Crippen molar-refractivity contribution in [2.45, 2.75) is 50.3 Å². The van der Waals surface area contributed by atoms with E-state index >= 15 is 0 Å². The highest BCUT2D eigenvalue weighted by atomic mass is 32.2. The van der Waals surface area contributed by atoms with Crippen LogP contribution in [0.25, 0.3) is 0 Å². The molecular weight excluding hydrogens is 434 g/mol. The number of allylic oxidation sites excluding steroid dienone is 1. The van der Waals surface area contributed by atoms with Crippen molar-refractivity contribution in [3.8, 4) is 0 Å². The Kier molecular flexibility index (Phi) is 7.26. The number of nitrogens with zero attached hydrogens (tertiary/aromatic N) is 1. The Balaban J connectivity index is 2.49.